The van der Waals surface area contributed by atoms with Crippen LogP contribution in [0.25, 0.3) is 0 Å². The summed E-state index contributed by atoms with van der Waals surface area (Å²) in [7, 11) is 1.58. The highest BCUT2D eigenvalue weighted by molar-refractivity contribution is 6.30. The minimum atomic E-state index is -0.485. The fourth-order valence-electron chi connectivity index (χ4n) is 1.90. The SMILES string of the molecule is COc1ccc(C)cc1C(Cl)c1ccc(Cl)c(F)c1. The van der Waals surface area contributed by atoms with Crippen LogP contribution in [-0.2, 0) is 0 Å². The van der Waals surface area contributed by atoms with Crippen molar-refractivity contribution in [3.63, 3.8) is 0 Å². The average molecular weight is 299 g/mol. The van der Waals surface area contributed by atoms with Gasteiger partial charge in [-0.05, 0) is 30.7 Å². The Morgan fingerprint density at radius 3 is 2.53 bits per heavy atom. The van der Waals surface area contributed by atoms with Crippen molar-refractivity contribution < 1.29 is 9.13 Å². The molecule has 0 aliphatic carbocycles. The standard InChI is InChI=1S/C15H13Cl2FO/c1-9-3-6-14(19-2)11(7-9)15(17)10-4-5-12(16)13(18)8-10/h3-8,15H,1-2H3. The lowest BCUT2D eigenvalue weighted by atomic mass is 10.0. The predicted molar refractivity (Wildman–Crippen MR) is 76.8 cm³/mol. The van der Waals surface area contributed by atoms with Crippen molar-refractivity contribution in [1.29, 1.82) is 0 Å². The molecule has 0 heterocycles. The molecule has 0 saturated heterocycles. The summed E-state index contributed by atoms with van der Waals surface area (Å²) >= 11 is 12.1. The van der Waals surface area contributed by atoms with Crippen molar-refractivity contribution in [3.8, 4) is 5.75 Å². The maximum atomic E-state index is 13.5. The molecule has 100 valence electrons. The van der Waals surface area contributed by atoms with Crippen LogP contribution < -0.4 is 4.74 Å². The van der Waals surface area contributed by atoms with Crippen molar-refractivity contribution in [2.45, 2.75) is 12.3 Å². The van der Waals surface area contributed by atoms with Gasteiger partial charge in [0.25, 0.3) is 0 Å². The van der Waals surface area contributed by atoms with E-state index in [1.807, 2.05) is 25.1 Å². The zero-order chi connectivity index (χ0) is 14.0. The van der Waals surface area contributed by atoms with Gasteiger partial charge in [-0.2, -0.15) is 0 Å². The van der Waals surface area contributed by atoms with Crippen LogP contribution in [-0.4, -0.2) is 7.11 Å². The minimum Gasteiger partial charge on any atom is -0.496 e. The number of aryl methyl sites for hydroxylation is 1. The molecule has 19 heavy (non-hydrogen) atoms. The number of methoxy groups -OCH3 is 1. The van der Waals surface area contributed by atoms with Gasteiger partial charge in [-0.15, -0.1) is 11.6 Å². The third-order valence-corrected chi connectivity index (χ3v) is 3.69. The summed E-state index contributed by atoms with van der Waals surface area (Å²) < 4.78 is 18.8. The number of benzene rings is 2. The van der Waals surface area contributed by atoms with Gasteiger partial charge >= 0.3 is 0 Å². The summed E-state index contributed by atoms with van der Waals surface area (Å²) in [5, 5.41) is -0.398. The largest absolute Gasteiger partial charge is 0.496 e. The van der Waals surface area contributed by atoms with E-state index in [1.165, 1.54) is 12.1 Å². The van der Waals surface area contributed by atoms with E-state index in [4.69, 9.17) is 27.9 Å². The van der Waals surface area contributed by atoms with E-state index in [9.17, 15) is 4.39 Å². The molecular formula is C15H13Cl2FO. The first kappa shape index (κ1) is 14.2. The fraction of sp³-hybridized carbons (Fsp3) is 0.200. The molecular weight excluding hydrogens is 286 g/mol. The van der Waals surface area contributed by atoms with Gasteiger partial charge in [0.05, 0.1) is 17.5 Å². The van der Waals surface area contributed by atoms with Crippen molar-refractivity contribution in [3.05, 3.63) is 63.9 Å². The molecule has 2 aromatic rings. The van der Waals surface area contributed by atoms with Gasteiger partial charge in [0.2, 0.25) is 0 Å². The molecule has 0 spiro atoms. The van der Waals surface area contributed by atoms with E-state index < -0.39 is 11.2 Å². The minimum absolute atomic E-state index is 0.0869. The van der Waals surface area contributed by atoms with Crippen LogP contribution in [0.2, 0.25) is 5.02 Å². The highest BCUT2D eigenvalue weighted by Gasteiger charge is 2.17. The second kappa shape index (κ2) is 5.81. The first-order valence-electron chi connectivity index (χ1n) is 5.76. The Hall–Kier alpha value is -1.25. The lowest BCUT2D eigenvalue weighted by Crippen LogP contribution is -1.99. The second-order valence-electron chi connectivity index (χ2n) is 4.28. The molecule has 0 saturated carbocycles. The molecule has 0 N–H and O–H groups in total. The first-order valence-corrected chi connectivity index (χ1v) is 6.58. The Kier molecular flexibility index (Phi) is 4.33. The van der Waals surface area contributed by atoms with Crippen LogP contribution in [0.3, 0.4) is 0 Å². The predicted octanol–water partition coefficient (Wildman–Crippen LogP) is 5.12. The molecule has 0 amide bonds. The topological polar surface area (TPSA) is 9.23 Å². The molecule has 0 aromatic heterocycles. The van der Waals surface area contributed by atoms with Gasteiger partial charge in [0.15, 0.2) is 0 Å². The molecule has 2 aromatic carbocycles. The highest BCUT2D eigenvalue weighted by atomic mass is 35.5. The van der Waals surface area contributed by atoms with Crippen LogP contribution in [0, 0.1) is 12.7 Å². The highest BCUT2D eigenvalue weighted by Crippen LogP contribution is 2.36. The quantitative estimate of drug-likeness (QED) is 0.714. The Bertz CT molecular complexity index is 599. The summed E-state index contributed by atoms with van der Waals surface area (Å²) in [5.41, 5.74) is 2.52. The van der Waals surface area contributed by atoms with Crippen LogP contribution in [0.4, 0.5) is 4.39 Å². The number of hydrogen-bond donors (Lipinski definition) is 0. The van der Waals surface area contributed by atoms with E-state index in [0.717, 1.165) is 11.1 Å². The molecule has 4 heteroatoms. The van der Waals surface area contributed by atoms with Crippen LogP contribution in [0.15, 0.2) is 36.4 Å². The Balaban J connectivity index is 2.45. The van der Waals surface area contributed by atoms with Gasteiger partial charge in [-0.3, -0.25) is 0 Å². The monoisotopic (exact) mass is 298 g/mol. The fourth-order valence-corrected chi connectivity index (χ4v) is 2.33. The van der Waals surface area contributed by atoms with Gasteiger partial charge in [-0.25, -0.2) is 4.39 Å². The third-order valence-electron chi connectivity index (χ3n) is 2.89. The molecule has 1 unspecified atom stereocenters. The molecule has 2 rings (SSSR count). The summed E-state index contributed by atoms with van der Waals surface area (Å²) in [5.74, 6) is 0.206. The van der Waals surface area contributed by atoms with Crippen molar-refractivity contribution in [1.82, 2.24) is 0 Å². The van der Waals surface area contributed by atoms with Gasteiger partial charge in [-0.1, -0.05) is 35.4 Å². The molecule has 0 fully saturated rings. The maximum absolute atomic E-state index is 13.5. The molecule has 0 aliphatic rings. The second-order valence-corrected chi connectivity index (χ2v) is 5.13. The Morgan fingerprint density at radius 1 is 1.16 bits per heavy atom. The van der Waals surface area contributed by atoms with Crippen LogP contribution >= 0.6 is 23.2 Å². The molecule has 0 radical (unpaired) electrons. The number of alkyl halides is 1. The smallest absolute Gasteiger partial charge is 0.142 e. The number of halogens is 3. The zero-order valence-electron chi connectivity index (χ0n) is 10.6. The summed E-state index contributed by atoms with van der Waals surface area (Å²) in [6, 6.07) is 10.3. The van der Waals surface area contributed by atoms with E-state index in [-0.39, 0.29) is 5.02 Å². The number of rotatable bonds is 3. The molecule has 1 atom stereocenters. The summed E-state index contributed by atoms with van der Waals surface area (Å²) in [6.45, 7) is 1.97. The number of hydrogen-bond acceptors (Lipinski definition) is 1. The van der Waals surface area contributed by atoms with Gasteiger partial charge < -0.3 is 4.74 Å². The first-order chi connectivity index (χ1) is 9.02. The van der Waals surface area contributed by atoms with Crippen molar-refractivity contribution in [2.75, 3.05) is 7.11 Å². The Morgan fingerprint density at radius 2 is 1.89 bits per heavy atom. The van der Waals surface area contributed by atoms with Crippen molar-refractivity contribution >= 4 is 23.2 Å². The lowest BCUT2D eigenvalue weighted by molar-refractivity contribution is 0.410. The van der Waals surface area contributed by atoms with Gasteiger partial charge in [0, 0.05) is 5.56 Å². The summed E-state index contributed by atoms with van der Waals surface area (Å²) in [6.07, 6.45) is 0. The normalized spacial score (nSPS) is 12.3. The van der Waals surface area contributed by atoms with Crippen LogP contribution in [0.1, 0.15) is 22.1 Å². The van der Waals surface area contributed by atoms with E-state index in [1.54, 1.807) is 13.2 Å². The molecule has 1 nitrogen and oxygen atoms in total. The molecule has 0 aliphatic heterocycles. The summed E-state index contributed by atoms with van der Waals surface area (Å²) in [4.78, 5) is 0. The average Bonchev–Trinajstić information content (AvgIpc) is 2.41. The zero-order valence-corrected chi connectivity index (χ0v) is 12.1. The van der Waals surface area contributed by atoms with E-state index in [0.29, 0.717) is 11.3 Å². The van der Waals surface area contributed by atoms with Crippen molar-refractivity contribution in [2.24, 2.45) is 0 Å². The Labute approximate surface area is 121 Å². The number of ether oxygens (including phenoxy) is 1. The molecule has 0 bridgehead atoms. The van der Waals surface area contributed by atoms with Crippen LogP contribution in [0.5, 0.6) is 5.75 Å². The third kappa shape index (κ3) is 3.02. The van der Waals surface area contributed by atoms with E-state index in [2.05, 4.69) is 0 Å². The van der Waals surface area contributed by atoms with Gasteiger partial charge in [0.1, 0.15) is 11.6 Å². The maximum Gasteiger partial charge on any atom is 0.142 e. The lowest BCUT2D eigenvalue weighted by Gasteiger charge is -2.15. The van der Waals surface area contributed by atoms with E-state index >= 15 is 0 Å².